The Balaban J connectivity index is 2.04. The molecule has 0 aliphatic heterocycles. The number of anilines is 1. The number of carbonyl (C=O) groups excluding carboxylic acids is 1. The quantitative estimate of drug-likeness (QED) is 0.906. The summed E-state index contributed by atoms with van der Waals surface area (Å²) in [6, 6.07) is 12.5. The third kappa shape index (κ3) is 4.09. The smallest absolute Gasteiger partial charge is 0.256 e. The summed E-state index contributed by atoms with van der Waals surface area (Å²) in [5, 5.41) is 2.74. The second kappa shape index (κ2) is 6.70. The van der Waals surface area contributed by atoms with Crippen molar-refractivity contribution in [2.45, 2.75) is 13.8 Å². The number of benzene rings is 1. The van der Waals surface area contributed by atoms with Crippen LogP contribution < -0.4 is 10.1 Å². The number of aromatic nitrogens is 1. The van der Waals surface area contributed by atoms with Gasteiger partial charge in [-0.2, -0.15) is 0 Å². The minimum atomic E-state index is -0.196. The predicted octanol–water partition coefficient (Wildman–Crippen LogP) is 3.37. The van der Waals surface area contributed by atoms with Crippen LogP contribution in [0.1, 0.15) is 24.2 Å². The summed E-state index contributed by atoms with van der Waals surface area (Å²) in [5.41, 5.74) is 0.553. The van der Waals surface area contributed by atoms with Gasteiger partial charge < -0.3 is 10.1 Å². The average Bonchev–Trinajstić information content (AvgIpc) is 2.46. The molecule has 2 aromatic rings. The zero-order chi connectivity index (χ0) is 14.4. The first-order valence-corrected chi connectivity index (χ1v) is 6.60. The van der Waals surface area contributed by atoms with Crippen molar-refractivity contribution in [1.82, 2.24) is 4.98 Å². The number of hydrogen-bond donors (Lipinski definition) is 1. The maximum atomic E-state index is 12.1. The topological polar surface area (TPSA) is 51.2 Å². The van der Waals surface area contributed by atoms with Gasteiger partial charge in [0, 0.05) is 11.8 Å². The van der Waals surface area contributed by atoms with Gasteiger partial charge in [-0.1, -0.05) is 26.0 Å². The van der Waals surface area contributed by atoms with Gasteiger partial charge in [0.25, 0.3) is 5.91 Å². The number of hydrogen-bond acceptors (Lipinski definition) is 3. The Morgan fingerprint density at radius 1 is 1.25 bits per heavy atom. The fraction of sp³-hybridized carbons (Fsp3) is 0.250. The Kier molecular flexibility index (Phi) is 4.71. The molecule has 0 aliphatic carbocycles. The van der Waals surface area contributed by atoms with E-state index in [1.165, 1.54) is 0 Å². The third-order valence-corrected chi connectivity index (χ3v) is 2.59. The van der Waals surface area contributed by atoms with Crippen LogP contribution in [0.3, 0.4) is 0 Å². The van der Waals surface area contributed by atoms with Crippen molar-refractivity contribution in [3.05, 3.63) is 54.2 Å². The van der Waals surface area contributed by atoms with E-state index in [4.69, 9.17) is 4.74 Å². The molecular weight excluding hydrogens is 252 g/mol. The molecule has 2 rings (SSSR count). The van der Waals surface area contributed by atoms with E-state index in [1.54, 1.807) is 30.5 Å². The molecule has 0 radical (unpaired) electrons. The van der Waals surface area contributed by atoms with Gasteiger partial charge in [-0.3, -0.25) is 4.79 Å². The molecule has 0 saturated carbocycles. The first-order chi connectivity index (χ1) is 9.65. The van der Waals surface area contributed by atoms with Crippen molar-refractivity contribution < 1.29 is 9.53 Å². The molecule has 4 nitrogen and oxygen atoms in total. The van der Waals surface area contributed by atoms with Crippen molar-refractivity contribution in [2.24, 2.45) is 5.92 Å². The highest BCUT2D eigenvalue weighted by Gasteiger charge is 2.08. The zero-order valence-corrected chi connectivity index (χ0v) is 11.7. The van der Waals surface area contributed by atoms with Gasteiger partial charge in [-0.15, -0.1) is 0 Å². The fourth-order valence-corrected chi connectivity index (χ4v) is 1.62. The van der Waals surface area contributed by atoms with Crippen LogP contribution in [-0.4, -0.2) is 17.5 Å². The Labute approximate surface area is 118 Å². The maximum absolute atomic E-state index is 12.1. The van der Waals surface area contributed by atoms with Gasteiger partial charge in [0.2, 0.25) is 0 Å². The Bertz CT molecular complexity index is 568. The first kappa shape index (κ1) is 14.1. The molecule has 104 valence electrons. The highest BCUT2D eigenvalue weighted by molar-refractivity contribution is 6.03. The van der Waals surface area contributed by atoms with E-state index in [2.05, 4.69) is 24.1 Å². The van der Waals surface area contributed by atoms with E-state index in [1.807, 2.05) is 18.2 Å². The molecule has 4 heteroatoms. The van der Waals surface area contributed by atoms with E-state index in [-0.39, 0.29) is 5.91 Å². The molecule has 0 unspecified atom stereocenters. The second-order valence-electron chi connectivity index (χ2n) is 4.90. The number of nitrogens with zero attached hydrogens (tertiary/aromatic N) is 1. The van der Waals surface area contributed by atoms with Gasteiger partial charge in [0.05, 0.1) is 6.61 Å². The lowest BCUT2D eigenvalue weighted by molar-refractivity contribution is 0.102. The molecule has 20 heavy (non-hydrogen) atoms. The third-order valence-electron chi connectivity index (χ3n) is 2.59. The summed E-state index contributed by atoms with van der Waals surface area (Å²) in [4.78, 5) is 16.2. The van der Waals surface area contributed by atoms with Gasteiger partial charge in [-0.25, -0.2) is 4.98 Å². The lowest BCUT2D eigenvalue weighted by atomic mass is 10.2. The SMILES string of the molecule is CC(C)COc1cccc(C(=O)Nc2ccccn2)c1. The number of pyridine rings is 1. The molecule has 1 heterocycles. The fourth-order valence-electron chi connectivity index (χ4n) is 1.62. The number of rotatable bonds is 5. The predicted molar refractivity (Wildman–Crippen MR) is 79.0 cm³/mol. The van der Waals surface area contributed by atoms with Crippen molar-refractivity contribution >= 4 is 11.7 Å². The number of amides is 1. The second-order valence-corrected chi connectivity index (χ2v) is 4.90. The molecular formula is C16H18N2O2. The average molecular weight is 270 g/mol. The lowest BCUT2D eigenvalue weighted by Gasteiger charge is -2.10. The largest absolute Gasteiger partial charge is 0.493 e. The summed E-state index contributed by atoms with van der Waals surface area (Å²) in [5.74, 6) is 1.48. The minimum absolute atomic E-state index is 0.196. The molecule has 0 atom stereocenters. The standard InChI is InChI=1S/C16H18N2O2/c1-12(2)11-20-14-7-5-6-13(10-14)16(19)18-15-8-3-4-9-17-15/h3-10,12H,11H2,1-2H3,(H,17,18,19). The van der Waals surface area contributed by atoms with Crippen LogP contribution in [0.15, 0.2) is 48.7 Å². The highest BCUT2D eigenvalue weighted by Crippen LogP contribution is 2.15. The molecule has 1 N–H and O–H groups in total. The molecule has 0 fully saturated rings. The van der Waals surface area contributed by atoms with Crippen LogP contribution in [0.2, 0.25) is 0 Å². The normalized spacial score (nSPS) is 10.3. The van der Waals surface area contributed by atoms with Crippen LogP contribution in [0.4, 0.5) is 5.82 Å². The van der Waals surface area contributed by atoms with Crippen molar-refractivity contribution in [3.63, 3.8) is 0 Å². The highest BCUT2D eigenvalue weighted by atomic mass is 16.5. The molecule has 1 aromatic heterocycles. The van der Waals surface area contributed by atoms with Crippen molar-refractivity contribution in [1.29, 1.82) is 0 Å². The van der Waals surface area contributed by atoms with Gasteiger partial charge in [0.1, 0.15) is 11.6 Å². The molecule has 1 aromatic carbocycles. The zero-order valence-electron chi connectivity index (χ0n) is 11.7. The van der Waals surface area contributed by atoms with Crippen LogP contribution in [0, 0.1) is 5.92 Å². The van der Waals surface area contributed by atoms with E-state index in [9.17, 15) is 4.79 Å². The maximum Gasteiger partial charge on any atom is 0.256 e. The van der Waals surface area contributed by atoms with Crippen molar-refractivity contribution in [2.75, 3.05) is 11.9 Å². The lowest BCUT2D eigenvalue weighted by Crippen LogP contribution is -2.13. The summed E-state index contributed by atoms with van der Waals surface area (Å²) < 4.78 is 5.61. The van der Waals surface area contributed by atoms with Crippen LogP contribution in [0.5, 0.6) is 5.75 Å². The molecule has 0 spiro atoms. The van der Waals surface area contributed by atoms with Crippen LogP contribution in [-0.2, 0) is 0 Å². The van der Waals surface area contributed by atoms with E-state index < -0.39 is 0 Å². The molecule has 0 saturated heterocycles. The number of nitrogens with one attached hydrogen (secondary N) is 1. The first-order valence-electron chi connectivity index (χ1n) is 6.60. The minimum Gasteiger partial charge on any atom is -0.493 e. The molecule has 0 aliphatic rings. The van der Waals surface area contributed by atoms with E-state index >= 15 is 0 Å². The van der Waals surface area contributed by atoms with E-state index in [0.29, 0.717) is 29.7 Å². The Morgan fingerprint density at radius 3 is 2.80 bits per heavy atom. The summed E-state index contributed by atoms with van der Waals surface area (Å²) in [6.07, 6.45) is 1.64. The van der Waals surface area contributed by atoms with Gasteiger partial charge in [0.15, 0.2) is 0 Å². The Hall–Kier alpha value is -2.36. The molecule has 1 amide bonds. The van der Waals surface area contributed by atoms with E-state index in [0.717, 1.165) is 0 Å². The summed E-state index contributed by atoms with van der Waals surface area (Å²) in [6.45, 7) is 4.79. The van der Waals surface area contributed by atoms with Crippen molar-refractivity contribution in [3.8, 4) is 5.75 Å². The Morgan fingerprint density at radius 2 is 2.10 bits per heavy atom. The summed E-state index contributed by atoms with van der Waals surface area (Å²) >= 11 is 0. The van der Waals surface area contributed by atoms with Gasteiger partial charge in [-0.05, 0) is 36.2 Å². The van der Waals surface area contributed by atoms with Crippen LogP contribution >= 0.6 is 0 Å². The van der Waals surface area contributed by atoms with Crippen LogP contribution in [0.25, 0.3) is 0 Å². The monoisotopic (exact) mass is 270 g/mol. The van der Waals surface area contributed by atoms with Gasteiger partial charge >= 0.3 is 0 Å². The number of carbonyl (C=O) groups is 1. The summed E-state index contributed by atoms with van der Waals surface area (Å²) in [7, 11) is 0. The molecule has 0 bridgehead atoms. The number of ether oxygens (including phenoxy) is 1.